The van der Waals surface area contributed by atoms with Crippen LogP contribution in [0.5, 0.6) is 0 Å². The van der Waals surface area contributed by atoms with E-state index >= 15 is 0 Å². The molecular formula is C18H23IN2O3. The average molecular weight is 442 g/mol. The normalized spacial score (nSPS) is 28.1. The molecule has 1 fully saturated rings. The van der Waals surface area contributed by atoms with Gasteiger partial charge < -0.3 is 15.3 Å². The molecule has 0 bridgehead atoms. The molecule has 1 saturated carbocycles. The summed E-state index contributed by atoms with van der Waals surface area (Å²) in [6.07, 6.45) is 1.14. The third-order valence-corrected chi connectivity index (χ3v) is 5.56. The smallest absolute Gasteiger partial charge is 0.254 e. The maximum atomic E-state index is 12.7. The number of carbonyl (C=O) groups is 2. The Labute approximate surface area is 155 Å². The first-order chi connectivity index (χ1) is 11.1. The summed E-state index contributed by atoms with van der Waals surface area (Å²) in [7, 11) is 0. The summed E-state index contributed by atoms with van der Waals surface area (Å²) in [6.45, 7) is 6.55. The van der Waals surface area contributed by atoms with Crippen molar-refractivity contribution in [3.63, 3.8) is 0 Å². The Morgan fingerprint density at radius 1 is 1.38 bits per heavy atom. The van der Waals surface area contributed by atoms with Crippen LogP contribution in [0, 0.1) is 3.57 Å². The van der Waals surface area contributed by atoms with E-state index in [4.69, 9.17) is 0 Å². The number of fused-ring (bicyclic) bond motifs is 1. The zero-order chi connectivity index (χ0) is 17.7. The molecule has 1 aromatic rings. The Bertz CT molecular complexity index is 692. The highest BCUT2D eigenvalue weighted by Crippen LogP contribution is 2.34. The van der Waals surface area contributed by atoms with E-state index in [1.54, 1.807) is 11.8 Å². The molecule has 0 spiro atoms. The molecule has 0 radical (unpaired) electrons. The fraction of sp³-hybridized carbons (Fsp3) is 0.556. The molecule has 1 aromatic carbocycles. The summed E-state index contributed by atoms with van der Waals surface area (Å²) in [5.41, 5.74) is 0.874. The number of amides is 2. The maximum Gasteiger partial charge on any atom is 0.254 e. The van der Waals surface area contributed by atoms with Crippen molar-refractivity contribution >= 4 is 34.4 Å². The van der Waals surface area contributed by atoms with Gasteiger partial charge >= 0.3 is 0 Å². The number of benzene rings is 1. The summed E-state index contributed by atoms with van der Waals surface area (Å²) in [5.74, 6) is -0.245. The topological polar surface area (TPSA) is 69.6 Å². The Hall–Kier alpha value is -1.15. The predicted octanol–water partition coefficient (Wildman–Crippen LogP) is 2.05. The van der Waals surface area contributed by atoms with Gasteiger partial charge in [0.15, 0.2) is 0 Å². The SMILES string of the molecule is CC1(O)CC(NC(=O)CN2CC(C)(C)c3cc(I)ccc3C2=O)C1. The van der Waals surface area contributed by atoms with Crippen LogP contribution >= 0.6 is 22.6 Å². The Balaban J connectivity index is 1.70. The van der Waals surface area contributed by atoms with Gasteiger partial charge in [0.2, 0.25) is 5.91 Å². The van der Waals surface area contributed by atoms with E-state index in [0.29, 0.717) is 24.9 Å². The van der Waals surface area contributed by atoms with Crippen molar-refractivity contribution in [3.05, 3.63) is 32.9 Å². The molecule has 0 atom stereocenters. The van der Waals surface area contributed by atoms with Crippen LogP contribution in [0.15, 0.2) is 18.2 Å². The van der Waals surface area contributed by atoms with Gasteiger partial charge in [-0.1, -0.05) is 13.8 Å². The molecule has 130 valence electrons. The van der Waals surface area contributed by atoms with Gasteiger partial charge in [0, 0.05) is 27.1 Å². The summed E-state index contributed by atoms with van der Waals surface area (Å²) in [5, 5.41) is 12.7. The first-order valence-corrected chi connectivity index (χ1v) is 9.26. The number of hydrogen-bond acceptors (Lipinski definition) is 3. The summed E-state index contributed by atoms with van der Waals surface area (Å²) in [6, 6.07) is 5.85. The van der Waals surface area contributed by atoms with Crippen LogP contribution in [-0.4, -0.2) is 46.6 Å². The number of halogens is 1. The first-order valence-electron chi connectivity index (χ1n) is 8.18. The lowest BCUT2D eigenvalue weighted by Crippen LogP contribution is -2.56. The minimum atomic E-state index is -0.670. The van der Waals surface area contributed by atoms with E-state index in [0.717, 1.165) is 9.13 Å². The second-order valence-corrected chi connectivity index (χ2v) is 9.15. The van der Waals surface area contributed by atoms with Crippen molar-refractivity contribution < 1.29 is 14.7 Å². The lowest BCUT2D eigenvalue weighted by Gasteiger charge is -2.42. The van der Waals surface area contributed by atoms with Crippen molar-refractivity contribution in [3.8, 4) is 0 Å². The number of nitrogens with zero attached hydrogens (tertiary/aromatic N) is 1. The second-order valence-electron chi connectivity index (χ2n) is 7.90. The molecule has 0 aromatic heterocycles. The lowest BCUT2D eigenvalue weighted by molar-refractivity contribution is -0.125. The van der Waals surface area contributed by atoms with Crippen molar-refractivity contribution in [1.29, 1.82) is 0 Å². The van der Waals surface area contributed by atoms with Gasteiger partial charge in [-0.25, -0.2) is 0 Å². The molecule has 6 heteroatoms. The number of aliphatic hydroxyl groups is 1. The molecule has 2 aliphatic rings. The summed E-state index contributed by atoms with van der Waals surface area (Å²) in [4.78, 5) is 26.6. The molecule has 2 N–H and O–H groups in total. The fourth-order valence-corrected chi connectivity index (χ4v) is 4.24. The van der Waals surface area contributed by atoms with Gasteiger partial charge in [-0.2, -0.15) is 0 Å². The fourth-order valence-electron chi connectivity index (χ4n) is 3.75. The second kappa shape index (κ2) is 5.98. The number of nitrogens with one attached hydrogen (secondary N) is 1. The molecular weight excluding hydrogens is 419 g/mol. The highest BCUT2D eigenvalue weighted by atomic mass is 127. The average Bonchev–Trinajstić information content (AvgIpc) is 2.42. The van der Waals surface area contributed by atoms with Crippen LogP contribution in [0.4, 0.5) is 0 Å². The number of rotatable bonds is 3. The van der Waals surface area contributed by atoms with Crippen LogP contribution in [-0.2, 0) is 10.2 Å². The van der Waals surface area contributed by atoms with E-state index < -0.39 is 5.60 Å². The minimum Gasteiger partial charge on any atom is -0.390 e. The van der Waals surface area contributed by atoms with Crippen molar-refractivity contribution in [1.82, 2.24) is 10.2 Å². The molecule has 24 heavy (non-hydrogen) atoms. The van der Waals surface area contributed by atoms with E-state index in [2.05, 4.69) is 47.8 Å². The van der Waals surface area contributed by atoms with Gasteiger partial charge in [-0.05, 0) is 66.1 Å². The highest BCUT2D eigenvalue weighted by molar-refractivity contribution is 14.1. The van der Waals surface area contributed by atoms with Gasteiger partial charge in [0.1, 0.15) is 0 Å². The van der Waals surface area contributed by atoms with Crippen LogP contribution in [0.25, 0.3) is 0 Å². The Kier molecular flexibility index (Phi) is 4.40. The lowest BCUT2D eigenvalue weighted by atomic mass is 9.77. The third kappa shape index (κ3) is 3.44. The monoisotopic (exact) mass is 442 g/mol. The van der Waals surface area contributed by atoms with Crippen molar-refractivity contribution in [2.75, 3.05) is 13.1 Å². The zero-order valence-corrected chi connectivity index (χ0v) is 16.4. The molecule has 3 rings (SSSR count). The highest BCUT2D eigenvalue weighted by Gasteiger charge is 2.40. The van der Waals surface area contributed by atoms with E-state index in [9.17, 15) is 14.7 Å². The van der Waals surface area contributed by atoms with Crippen LogP contribution in [0.1, 0.15) is 49.5 Å². The molecule has 0 saturated heterocycles. The number of hydrogen-bond donors (Lipinski definition) is 2. The van der Waals surface area contributed by atoms with Crippen LogP contribution in [0.3, 0.4) is 0 Å². The molecule has 1 heterocycles. The third-order valence-electron chi connectivity index (χ3n) is 4.89. The molecule has 0 unspecified atom stereocenters. The van der Waals surface area contributed by atoms with Crippen molar-refractivity contribution in [2.45, 2.75) is 50.7 Å². The van der Waals surface area contributed by atoms with Crippen LogP contribution < -0.4 is 5.32 Å². The number of carbonyl (C=O) groups excluding carboxylic acids is 2. The largest absolute Gasteiger partial charge is 0.390 e. The Morgan fingerprint density at radius 2 is 2.04 bits per heavy atom. The summed E-state index contributed by atoms with van der Waals surface area (Å²) < 4.78 is 1.11. The first kappa shape index (κ1) is 17.7. The predicted molar refractivity (Wildman–Crippen MR) is 99.9 cm³/mol. The van der Waals surface area contributed by atoms with Gasteiger partial charge in [0.05, 0.1) is 12.1 Å². The molecule has 5 nitrogen and oxygen atoms in total. The van der Waals surface area contributed by atoms with E-state index in [1.165, 1.54) is 0 Å². The molecule has 1 aliphatic heterocycles. The molecule has 2 amide bonds. The van der Waals surface area contributed by atoms with Crippen molar-refractivity contribution in [2.24, 2.45) is 0 Å². The van der Waals surface area contributed by atoms with Gasteiger partial charge in [-0.15, -0.1) is 0 Å². The summed E-state index contributed by atoms with van der Waals surface area (Å²) >= 11 is 2.25. The quantitative estimate of drug-likeness (QED) is 0.705. The van der Waals surface area contributed by atoms with Gasteiger partial charge in [-0.3, -0.25) is 9.59 Å². The van der Waals surface area contributed by atoms with E-state index in [1.807, 2.05) is 12.1 Å². The van der Waals surface area contributed by atoms with Crippen LogP contribution in [0.2, 0.25) is 0 Å². The zero-order valence-electron chi connectivity index (χ0n) is 14.2. The Morgan fingerprint density at radius 3 is 2.67 bits per heavy atom. The standard InChI is InChI=1S/C18H23IN2O3/c1-17(2)10-21(9-15(22)20-12-7-18(3,24)8-12)16(23)13-5-4-11(19)6-14(13)17/h4-6,12,24H,7-10H2,1-3H3,(H,20,22). The minimum absolute atomic E-state index is 0.00858. The van der Waals surface area contributed by atoms with E-state index in [-0.39, 0.29) is 29.8 Å². The molecule has 1 aliphatic carbocycles. The maximum absolute atomic E-state index is 12.7. The van der Waals surface area contributed by atoms with Gasteiger partial charge in [0.25, 0.3) is 5.91 Å².